The maximum absolute atomic E-state index is 12.2. The molecule has 252 valence electrons. The second kappa shape index (κ2) is 13.3. The van der Waals surface area contributed by atoms with Gasteiger partial charge in [-0.15, -0.1) is 9.42 Å². The Bertz CT molecular complexity index is 2110. The summed E-state index contributed by atoms with van der Waals surface area (Å²) in [6.07, 6.45) is 1.77. The maximum Gasteiger partial charge on any atom is 0.695 e. The Balaban J connectivity index is 1.19. The predicted molar refractivity (Wildman–Crippen MR) is 188 cm³/mol. The molecule has 0 aliphatic carbocycles. The summed E-state index contributed by atoms with van der Waals surface area (Å²) in [6.45, 7) is 0.0218. The highest BCUT2D eigenvalue weighted by atomic mass is 31.1. The highest BCUT2D eigenvalue weighted by Gasteiger charge is 2.46. The van der Waals surface area contributed by atoms with Gasteiger partial charge in [-0.25, -0.2) is 9.97 Å². The van der Waals surface area contributed by atoms with Crippen LogP contribution in [0.5, 0.6) is 11.5 Å². The van der Waals surface area contributed by atoms with Crippen molar-refractivity contribution >= 4 is 30.8 Å². The van der Waals surface area contributed by atoms with Gasteiger partial charge in [0, 0.05) is 34.0 Å². The highest BCUT2D eigenvalue weighted by molar-refractivity contribution is 7.32. The molecule has 1 saturated heterocycles. The molecule has 2 aliphatic rings. The third kappa shape index (κ3) is 5.59. The molecule has 1 unspecified atom stereocenters. The molecule has 0 bridgehead atoms. The van der Waals surface area contributed by atoms with E-state index in [9.17, 15) is 9.46 Å². The number of hydrogen-bond acceptors (Lipinski definition) is 9. The lowest BCUT2D eigenvalue weighted by Crippen LogP contribution is -2.38. The number of benzene rings is 4. The Labute approximate surface area is 289 Å². The fourth-order valence-corrected chi connectivity index (χ4v) is 7.54. The van der Waals surface area contributed by atoms with Gasteiger partial charge in [-0.05, 0) is 47.0 Å². The molecule has 50 heavy (non-hydrogen) atoms. The largest absolute Gasteiger partial charge is 0.695 e. The van der Waals surface area contributed by atoms with E-state index < -0.39 is 32.3 Å². The quantitative estimate of drug-likeness (QED) is 0.104. The van der Waals surface area contributed by atoms with E-state index in [1.807, 2.05) is 114 Å². The summed E-state index contributed by atoms with van der Waals surface area (Å²) in [5, 5.41) is 4.29. The third-order valence-electron chi connectivity index (χ3n) is 9.43. The summed E-state index contributed by atoms with van der Waals surface area (Å²) in [7, 11) is 0.328. The van der Waals surface area contributed by atoms with E-state index in [0.717, 1.165) is 38.9 Å². The number of anilines is 2. The van der Waals surface area contributed by atoms with Gasteiger partial charge in [0.2, 0.25) is 0 Å². The lowest BCUT2D eigenvalue weighted by Gasteiger charge is -2.37. The number of hydrogen-bond donors (Lipinski definition) is 2. The van der Waals surface area contributed by atoms with E-state index in [1.165, 1.54) is 6.33 Å². The Morgan fingerprint density at radius 2 is 1.50 bits per heavy atom. The van der Waals surface area contributed by atoms with Crippen LogP contribution in [0.25, 0.3) is 22.2 Å². The monoisotopic (exact) mass is 689 g/mol. The van der Waals surface area contributed by atoms with Crippen molar-refractivity contribution in [3.05, 3.63) is 132 Å². The summed E-state index contributed by atoms with van der Waals surface area (Å²) in [6, 6.07) is 33.4. The van der Waals surface area contributed by atoms with Crippen molar-refractivity contribution in [2.24, 2.45) is 0 Å². The number of aromatic nitrogens is 3. The SMILES string of the molecule is COc1ccc(C(OC[C@H]2O[C@@H](n3cc4c5c(ncnc53)Nc3ccccc3-4)C[C@@H]2O[P+](=O)O)(c2ccccc2)c2ccc(OC)cc2)cc1. The standard InChI is InChI=1S/C38H33N4O7P/c1-45-27-16-12-25(13-17-27)38(24-8-4-3-5-9-24,26-14-18-28(46-2)19-15-26)47-22-33-32(49-50(43)44)20-34(48-33)42-21-30-29-10-6-7-11-31(29)41-36-35(30)37(42)40-23-39-36/h3-19,21,23,32-34H,20,22H2,1-2H3,(H-,39,40,41,43,44)/p+1/t32-,33+,34+/m0/s1. The second-order valence-electron chi connectivity index (χ2n) is 12.1. The molecule has 0 spiro atoms. The second-order valence-corrected chi connectivity index (χ2v) is 12.8. The minimum atomic E-state index is -2.93. The number of methoxy groups -OCH3 is 2. The van der Waals surface area contributed by atoms with Gasteiger partial charge >= 0.3 is 8.25 Å². The van der Waals surface area contributed by atoms with Crippen LogP contribution in [-0.4, -0.2) is 52.5 Å². The summed E-state index contributed by atoms with van der Waals surface area (Å²) in [5.41, 5.74) is 5.09. The summed E-state index contributed by atoms with van der Waals surface area (Å²) >= 11 is 0. The summed E-state index contributed by atoms with van der Waals surface area (Å²) in [4.78, 5) is 19.1. The van der Waals surface area contributed by atoms with E-state index in [4.69, 9.17) is 23.5 Å². The lowest BCUT2D eigenvalue weighted by molar-refractivity contribution is -0.0902. The fourth-order valence-electron chi connectivity index (χ4n) is 7.09. The van der Waals surface area contributed by atoms with E-state index in [1.54, 1.807) is 14.2 Å². The molecule has 2 aromatic heterocycles. The fraction of sp³-hybridized carbons (Fsp3) is 0.211. The number of nitrogens with zero attached hydrogens (tertiary/aromatic N) is 3. The molecule has 6 aromatic rings. The third-order valence-corrected chi connectivity index (χ3v) is 9.88. The van der Waals surface area contributed by atoms with Gasteiger partial charge < -0.3 is 28.8 Å². The zero-order valence-corrected chi connectivity index (χ0v) is 28.2. The van der Waals surface area contributed by atoms with Crippen molar-refractivity contribution in [1.82, 2.24) is 14.5 Å². The molecule has 0 amide bonds. The molecule has 4 aromatic carbocycles. The highest BCUT2D eigenvalue weighted by Crippen LogP contribution is 2.47. The van der Waals surface area contributed by atoms with E-state index in [2.05, 4.69) is 15.3 Å². The van der Waals surface area contributed by atoms with E-state index >= 15 is 0 Å². The van der Waals surface area contributed by atoms with Gasteiger partial charge in [-0.1, -0.05) is 72.8 Å². The smallest absolute Gasteiger partial charge is 0.497 e. The molecule has 12 heteroatoms. The lowest BCUT2D eigenvalue weighted by atomic mass is 9.80. The Hall–Kier alpha value is -5.16. The van der Waals surface area contributed by atoms with Gasteiger partial charge in [0.1, 0.15) is 53.3 Å². The zero-order valence-electron chi connectivity index (χ0n) is 27.3. The molecule has 0 radical (unpaired) electrons. The molecule has 11 nitrogen and oxygen atoms in total. The van der Waals surface area contributed by atoms with Crippen LogP contribution in [0.1, 0.15) is 29.3 Å². The minimum absolute atomic E-state index is 0.0218. The van der Waals surface area contributed by atoms with Crippen molar-refractivity contribution < 1.29 is 32.9 Å². The van der Waals surface area contributed by atoms with Crippen LogP contribution in [0.2, 0.25) is 0 Å². The van der Waals surface area contributed by atoms with E-state index in [-0.39, 0.29) is 13.0 Å². The minimum Gasteiger partial charge on any atom is -0.497 e. The predicted octanol–water partition coefficient (Wildman–Crippen LogP) is 7.50. The van der Waals surface area contributed by atoms with Crippen LogP contribution >= 0.6 is 8.25 Å². The first-order chi connectivity index (χ1) is 24.5. The van der Waals surface area contributed by atoms with Gasteiger partial charge in [0.05, 0.1) is 26.2 Å². The van der Waals surface area contributed by atoms with Gasteiger partial charge in [-0.2, -0.15) is 0 Å². The van der Waals surface area contributed by atoms with Crippen molar-refractivity contribution in [3.63, 3.8) is 0 Å². The summed E-state index contributed by atoms with van der Waals surface area (Å²) < 4.78 is 44.5. The molecule has 4 heterocycles. The first kappa shape index (κ1) is 32.1. The van der Waals surface area contributed by atoms with E-state index in [0.29, 0.717) is 23.0 Å². The van der Waals surface area contributed by atoms with Gasteiger partial charge in [0.15, 0.2) is 0 Å². The molecule has 4 atom stereocenters. The summed E-state index contributed by atoms with van der Waals surface area (Å²) in [5.74, 6) is 2.12. The zero-order chi connectivity index (χ0) is 34.2. The van der Waals surface area contributed by atoms with Gasteiger partial charge in [-0.3, -0.25) is 0 Å². The normalized spacial score (nSPS) is 18.4. The number of rotatable bonds is 11. The molecule has 1 fully saturated rings. The Morgan fingerprint density at radius 1 is 0.860 bits per heavy atom. The number of fused-ring (bicyclic) bond motifs is 2. The maximum atomic E-state index is 12.2. The van der Waals surface area contributed by atoms with Crippen LogP contribution in [0.3, 0.4) is 0 Å². The number of ether oxygens (including phenoxy) is 4. The average Bonchev–Trinajstić information content (AvgIpc) is 3.75. The van der Waals surface area contributed by atoms with Crippen LogP contribution < -0.4 is 14.8 Å². The van der Waals surface area contributed by atoms with Crippen LogP contribution in [0.15, 0.2) is 116 Å². The van der Waals surface area contributed by atoms with Crippen LogP contribution in [0, 0.1) is 0 Å². The molecule has 2 N–H and O–H groups in total. The average molecular weight is 690 g/mol. The van der Waals surface area contributed by atoms with Crippen molar-refractivity contribution in [3.8, 4) is 22.6 Å². The molecular formula is C38H34N4O7P+. The van der Waals surface area contributed by atoms with Crippen molar-refractivity contribution in [2.75, 3.05) is 26.1 Å². The Kier molecular flexibility index (Phi) is 8.52. The van der Waals surface area contributed by atoms with Gasteiger partial charge in [0.25, 0.3) is 0 Å². The number of para-hydroxylation sites is 1. The Morgan fingerprint density at radius 3 is 2.16 bits per heavy atom. The molecular weight excluding hydrogens is 655 g/mol. The van der Waals surface area contributed by atoms with Crippen molar-refractivity contribution in [1.29, 1.82) is 0 Å². The number of nitrogens with one attached hydrogen (secondary N) is 1. The first-order valence-corrected chi connectivity index (χ1v) is 17.3. The molecule has 0 saturated carbocycles. The topological polar surface area (TPSA) is 126 Å². The molecule has 8 rings (SSSR count). The van der Waals surface area contributed by atoms with Crippen molar-refractivity contribution in [2.45, 2.75) is 30.5 Å². The van der Waals surface area contributed by atoms with Crippen LogP contribution in [-0.2, 0) is 24.2 Å². The van der Waals surface area contributed by atoms with Crippen LogP contribution in [0.4, 0.5) is 11.5 Å². The first-order valence-electron chi connectivity index (χ1n) is 16.2. The molecule has 2 aliphatic heterocycles.